The van der Waals surface area contributed by atoms with Gasteiger partial charge in [0.25, 0.3) is 0 Å². The lowest BCUT2D eigenvalue weighted by Gasteiger charge is -2.20. The van der Waals surface area contributed by atoms with Gasteiger partial charge in [-0.2, -0.15) is 0 Å². The van der Waals surface area contributed by atoms with Gasteiger partial charge in [0, 0.05) is 0 Å². The molecule has 1 aliphatic rings. The molecule has 0 aromatic heterocycles. The van der Waals surface area contributed by atoms with Crippen molar-refractivity contribution >= 4 is 5.97 Å². The molecule has 0 bridgehead atoms. The molecule has 1 aliphatic carbocycles. The molecule has 0 aromatic rings. The van der Waals surface area contributed by atoms with Gasteiger partial charge in [0.15, 0.2) is 0 Å². The van der Waals surface area contributed by atoms with Gasteiger partial charge in [-0.3, -0.25) is 0 Å². The van der Waals surface area contributed by atoms with Gasteiger partial charge in [-0.1, -0.05) is 19.3 Å². The van der Waals surface area contributed by atoms with Crippen molar-refractivity contribution in [1.29, 1.82) is 0 Å². The normalized spacial score (nSPS) is 19.1. The second-order valence-electron chi connectivity index (χ2n) is 3.48. The number of rotatable bonds is 4. The van der Waals surface area contributed by atoms with Gasteiger partial charge in [-0.05, 0) is 18.8 Å². The standard InChI is InChI=1S/C10H16O3/c11-10(12)6-7-13-8-9-4-2-1-3-5-9/h6-7,9H,1-5,8H2,(H,11,12). The largest absolute Gasteiger partial charge is 0.501 e. The summed E-state index contributed by atoms with van der Waals surface area (Å²) in [6.07, 6.45) is 8.66. The first kappa shape index (κ1) is 10.1. The Kier molecular flexibility index (Phi) is 4.36. The van der Waals surface area contributed by atoms with Crippen LogP contribution in [0, 0.1) is 5.92 Å². The minimum Gasteiger partial charge on any atom is -0.501 e. The van der Waals surface area contributed by atoms with Gasteiger partial charge in [0.1, 0.15) is 0 Å². The van der Waals surface area contributed by atoms with E-state index in [0.717, 1.165) is 6.08 Å². The Balaban J connectivity index is 2.07. The van der Waals surface area contributed by atoms with Gasteiger partial charge in [0.05, 0.1) is 18.9 Å². The summed E-state index contributed by atoms with van der Waals surface area (Å²) in [6, 6.07) is 0. The molecule has 3 nitrogen and oxygen atoms in total. The highest BCUT2D eigenvalue weighted by Gasteiger charge is 2.12. The van der Waals surface area contributed by atoms with Crippen molar-refractivity contribution in [2.45, 2.75) is 32.1 Å². The van der Waals surface area contributed by atoms with E-state index < -0.39 is 5.97 Å². The van der Waals surface area contributed by atoms with Crippen LogP contribution in [0.2, 0.25) is 0 Å². The van der Waals surface area contributed by atoms with Crippen LogP contribution in [0.3, 0.4) is 0 Å². The molecule has 3 heteroatoms. The van der Waals surface area contributed by atoms with Crippen LogP contribution in [0.5, 0.6) is 0 Å². The Bertz CT molecular complexity index is 181. The summed E-state index contributed by atoms with van der Waals surface area (Å²) in [5, 5.41) is 8.28. The SMILES string of the molecule is O=C(O)C=COCC1CCCCC1. The van der Waals surface area contributed by atoms with Crippen molar-refractivity contribution in [3.05, 3.63) is 12.3 Å². The third-order valence-corrected chi connectivity index (χ3v) is 2.36. The fraction of sp³-hybridized carbons (Fsp3) is 0.700. The smallest absolute Gasteiger partial charge is 0.331 e. The van der Waals surface area contributed by atoms with Crippen LogP contribution >= 0.6 is 0 Å². The first-order valence-electron chi connectivity index (χ1n) is 4.80. The third kappa shape index (κ3) is 4.55. The van der Waals surface area contributed by atoms with Crippen LogP contribution in [0.1, 0.15) is 32.1 Å². The molecular formula is C10H16O3. The van der Waals surface area contributed by atoms with Crippen molar-refractivity contribution in [2.75, 3.05) is 6.61 Å². The van der Waals surface area contributed by atoms with Gasteiger partial charge in [-0.25, -0.2) is 4.79 Å². The number of hydrogen-bond acceptors (Lipinski definition) is 2. The molecule has 13 heavy (non-hydrogen) atoms. The molecule has 0 unspecified atom stereocenters. The van der Waals surface area contributed by atoms with Crippen LogP contribution in [-0.2, 0) is 9.53 Å². The number of carbonyl (C=O) groups is 1. The highest BCUT2D eigenvalue weighted by molar-refractivity contribution is 5.79. The molecule has 74 valence electrons. The van der Waals surface area contributed by atoms with E-state index in [1.54, 1.807) is 0 Å². The molecule has 0 amide bonds. The zero-order valence-corrected chi connectivity index (χ0v) is 7.74. The fourth-order valence-corrected chi connectivity index (χ4v) is 1.65. The summed E-state index contributed by atoms with van der Waals surface area (Å²) < 4.78 is 5.12. The summed E-state index contributed by atoms with van der Waals surface area (Å²) >= 11 is 0. The van der Waals surface area contributed by atoms with Crippen molar-refractivity contribution in [2.24, 2.45) is 5.92 Å². The monoisotopic (exact) mass is 184 g/mol. The zero-order valence-electron chi connectivity index (χ0n) is 7.74. The van der Waals surface area contributed by atoms with E-state index in [1.165, 1.54) is 38.4 Å². The topological polar surface area (TPSA) is 46.5 Å². The van der Waals surface area contributed by atoms with E-state index in [9.17, 15) is 4.79 Å². The Morgan fingerprint density at radius 1 is 1.38 bits per heavy atom. The van der Waals surface area contributed by atoms with Crippen LogP contribution in [0.25, 0.3) is 0 Å². The van der Waals surface area contributed by atoms with E-state index >= 15 is 0 Å². The van der Waals surface area contributed by atoms with Gasteiger partial charge in [0.2, 0.25) is 0 Å². The predicted octanol–water partition coefficient (Wildman–Crippen LogP) is 2.18. The number of carboxylic acids is 1. The van der Waals surface area contributed by atoms with Gasteiger partial charge < -0.3 is 9.84 Å². The molecular weight excluding hydrogens is 168 g/mol. The first-order valence-corrected chi connectivity index (χ1v) is 4.80. The maximum Gasteiger partial charge on any atom is 0.331 e. The lowest BCUT2D eigenvalue weighted by atomic mass is 9.90. The molecule has 1 saturated carbocycles. The van der Waals surface area contributed by atoms with Crippen molar-refractivity contribution in [3.8, 4) is 0 Å². The van der Waals surface area contributed by atoms with Crippen molar-refractivity contribution in [1.82, 2.24) is 0 Å². The average molecular weight is 184 g/mol. The van der Waals surface area contributed by atoms with E-state index in [2.05, 4.69) is 0 Å². The maximum atomic E-state index is 10.1. The second-order valence-corrected chi connectivity index (χ2v) is 3.48. The minimum atomic E-state index is -0.955. The van der Waals surface area contributed by atoms with E-state index in [0.29, 0.717) is 12.5 Å². The molecule has 0 radical (unpaired) electrons. The van der Waals surface area contributed by atoms with Crippen LogP contribution in [0.4, 0.5) is 0 Å². The van der Waals surface area contributed by atoms with E-state index in [1.807, 2.05) is 0 Å². The van der Waals surface area contributed by atoms with Crippen LogP contribution in [-0.4, -0.2) is 17.7 Å². The van der Waals surface area contributed by atoms with Gasteiger partial charge in [-0.15, -0.1) is 0 Å². The average Bonchev–Trinajstić information content (AvgIpc) is 2.14. The van der Waals surface area contributed by atoms with Crippen molar-refractivity contribution in [3.63, 3.8) is 0 Å². The quantitative estimate of drug-likeness (QED) is 0.538. The van der Waals surface area contributed by atoms with E-state index in [-0.39, 0.29) is 0 Å². The lowest BCUT2D eigenvalue weighted by molar-refractivity contribution is -0.131. The molecule has 0 heterocycles. The highest BCUT2D eigenvalue weighted by Crippen LogP contribution is 2.23. The maximum absolute atomic E-state index is 10.1. The molecule has 1 N–H and O–H groups in total. The molecule has 1 fully saturated rings. The van der Waals surface area contributed by atoms with Crippen molar-refractivity contribution < 1.29 is 14.6 Å². The van der Waals surface area contributed by atoms with Crippen LogP contribution in [0.15, 0.2) is 12.3 Å². The molecule has 0 spiro atoms. The number of aliphatic carboxylic acids is 1. The molecule has 0 atom stereocenters. The first-order chi connectivity index (χ1) is 6.29. The van der Waals surface area contributed by atoms with E-state index in [4.69, 9.17) is 9.84 Å². The minimum absolute atomic E-state index is 0.632. The number of carboxylic acid groups (broad SMARTS) is 1. The zero-order chi connectivity index (χ0) is 9.52. The summed E-state index contributed by atoms with van der Waals surface area (Å²) in [6.45, 7) is 0.670. The summed E-state index contributed by atoms with van der Waals surface area (Å²) in [5.41, 5.74) is 0. The third-order valence-electron chi connectivity index (χ3n) is 2.36. The molecule has 0 aliphatic heterocycles. The Hall–Kier alpha value is -0.990. The highest BCUT2D eigenvalue weighted by atomic mass is 16.5. The van der Waals surface area contributed by atoms with Gasteiger partial charge >= 0.3 is 5.97 Å². The predicted molar refractivity (Wildman–Crippen MR) is 49.3 cm³/mol. The Labute approximate surface area is 78.4 Å². The molecule has 1 rings (SSSR count). The molecule has 0 aromatic carbocycles. The number of hydrogen-bond donors (Lipinski definition) is 1. The Morgan fingerprint density at radius 3 is 2.69 bits per heavy atom. The second kappa shape index (κ2) is 5.62. The number of ether oxygens (including phenoxy) is 1. The lowest BCUT2D eigenvalue weighted by Crippen LogP contribution is -2.11. The summed E-state index contributed by atoms with van der Waals surface area (Å²) in [7, 11) is 0. The summed E-state index contributed by atoms with van der Waals surface area (Å²) in [5.74, 6) is -0.323. The van der Waals surface area contributed by atoms with Crippen LogP contribution < -0.4 is 0 Å². The Morgan fingerprint density at radius 2 is 2.08 bits per heavy atom. The summed E-state index contributed by atoms with van der Waals surface area (Å²) in [4.78, 5) is 10.1. The molecule has 0 saturated heterocycles. The fourth-order valence-electron chi connectivity index (χ4n) is 1.65.